The van der Waals surface area contributed by atoms with Crippen LogP contribution < -0.4 is 16.0 Å². The first-order valence-electron chi connectivity index (χ1n) is 9.04. The number of fused-ring (bicyclic) bond motifs is 1. The van der Waals surface area contributed by atoms with Crippen LogP contribution in [0.15, 0.2) is 18.2 Å². The zero-order chi connectivity index (χ0) is 20.3. The average Bonchev–Trinajstić information content (AvgIpc) is 3.11. The second kappa shape index (κ2) is 8.37. The van der Waals surface area contributed by atoms with Crippen LogP contribution in [0.25, 0.3) is 11.6 Å². The summed E-state index contributed by atoms with van der Waals surface area (Å²) in [6.07, 6.45) is 1.64. The molecule has 7 nitrogen and oxygen atoms in total. The van der Waals surface area contributed by atoms with E-state index >= 15 is 0 Å². The van der Waals surface area contributed by atoms with Gasteiger partial charge in [-0.2, -0.15) is 0 Å². The predicted molar refractivity (Wildman–Crippen MR) is 105 cm³/mol. The molecule has 0 spiro atoms. The number of aliphatic hydroxyl groups is 1. The van der Waals surface area contributed by atoms with Gasteiger partial charge < -0.3 is 26.0 Å². The lowest BCUT2D eigenvalue weighted by molar-refractivity contribution is -0.110. The molecule has 0 radical (unpaired) electrons. The molecule has 1 aliphatic heterocycles. The van der Waals surface area contributed by atoms with Gasteiger partial charge in [-0.25, -0.2) is 4.39 Å². The number of aromatic nitrogens is 1. The highest BCUT2D eigenvalue weighted by atomic mass is 19.1. The predicted octanol–water partition coefficient (Wildman–Crippen LogP) is 1.58. The lowest BCUT2D eigenvalue weighted by Crippen LogP contribution is -2.33. The third kappa shape index (κ3) is 3.97. The molecule has 2 amide bonds. The molecular weight excluding hydrogens is 363 g/mol. The lowest BCUT2D eigenvalue weighted by Gasteiger charge is -2.06. The van der Waals surface area contributed by atoms with Crippen molar-refractivity contribution < 1.29 is 19.1 Å². The fourth-order valence-electron chi connectivity index (χ4n) is 3.26. The topological polar surface area (TPSA) is 106 Å². The van der Waals surface area contributed by atoms with Crippen molar-refractivity contribution >= 4 is 29.2 Å². The van der Waals surface area contributed by atoms with Crippen LogP contribution in [-0.2, 0) is 4.79 Å². The van der Waals surface area contributed by atoms with Gasteiger partial charge in [0.05, 0.1) is 17.7 Å². The molecule has 1 aliphatic rings. The number of hydrogen-bond donors (Lipinski definition) is 5. The zero-order valence-electron chi connectivity index (χ0n) is 15.8. The molecule has 5 N–H and O–H groups in total. The maximum Gasteiger partial charge on any atom is 0.256 e. The van der Waals surface area contributed by atoms with Crippen molar-refractivity contribution in [2.24, 2.45) is 0 Å². The standard InChI is InChI=1S/C20H23FN4O3/c1-11-17(10-15-14-9-13(21)3-4-16(14)25-19(15)27)24-12(2)18(11)20(28)23-6-5-22-7-8-26/h3-4,9-10,22,24,26H,5-8H2,1-2H3,(H,23,28)(H,25,27). The van der Waals surface area contributed by atoms with Gasteiger partial charge in [0, 0.05) is 42.3 Å². The maximum absolute atomic E-state index is 13.6. The molecular formula is C20H23FN4O3. The molecule has 148 valence electrons. The number of amides is 2. The van der Waals surface area contributed by atoms with Gasteiger partial charge in [-0.15, -0.1) is 0 Å². The molecule has 1 aromatic heterocycles. The molecule has 28 heavy (non-hydrogen) atoms. The Morgan fingerprint density at radius 3 is 2.79 bits per heavy atom. The summed E-state index contributed by atoms with van der Waals surface area (Å²) >= 11 is 0. The van der Waals surface area contributed by atoms with Gasteiger partial charge in [0.25, 0.3) is 11.8 Å². The highest BCUT2D eigenvalue weighted by Crippen LogP contribution is 2.34. The number of aryl methyl sites for hydroxylation is 1. The number of carbonyl (C=O) groups is 2. The van der Waals surface area contributed by atoms with Crippen molar-refractivity contribution in [2.45, 2.75) is 13.8 Å². The van der Waals surface area contributed by atoms with E-state index in [-0.39, 0.29) is 18.4 Å². The number of aromatic amines is 1. The molecule has 0 unspecified atom stereocenters. The van der Waals surface area contributed by atoms with Crippen LogP contribution in [0, 0.1) is 19.7 Å². The first kappa shape index (κ1) is 19.8. The van der Waals surface area contributed by atoms with E-state index in [0.29, 0.717) is 59.0 Å². The minimum absolute atomic E-state index is 0.0443. The summed E-state index contributed by atoms with van der Waals surface area (Å²) < 4.78 is 13.6. The Hall–Kier alpha value is -2.97. The Kier molecular flexibility index (Phi) is 5.91. The molecule has 1 aromatic carbocycles. The Morgan fingerprint density at radius 2 is 2.04 bits per heavy atom. The van der Waals surface area contributed by atoms with Crippen LogP contribution in [-0.4, -0.2) is 48.1 Å². The number of rotatable bonds is 7. The first-order valence-corrected chi connectivity index (χ1v) is 9.04. The molecule has 8 heteroatoms. The van der Waals surface area contributed by atoms with E-state index in [1.807, 2.05) is 0 Å². The average molecular weight is 386 g/mol. The van der Waals surface area contributed by atoms with Crippen LogP contribution in [0.4, 0.5) is 10.1 Å². The molecule has 0 fully saturated rings. The van der Waals surface area contributed by atoms with E-state index in [2.05, 4.69) is 20.9 Å². The number of anilines is 1. The van der Waals surface area contributed by atoms with Gasteiger partial charge in [0.1, 0.15) is 5.82 Å². The highest BCUT2D eigenvalue weighted by molar-refractivity contribution is 6.34. The van der Waals surface area contributed by atoms with Gasteiger partial charge in [0.2, 0.25) is 0 Å². The molecule has 0 atom stereocenters. The van der Waals surface area contributed by atoms with Gasteiger partial charge >= 0.3 is 0 Å². The third-order valence-electron chi connectivity index (χ3n) is 4.63. The van der Waals surface area contributed by atoms with E-state index in [1.54, 1.807) is 19.9 Å². The second-order valence-corrected chi connectivity index (χ2v) is 6.60. The van der Waals surface area contributed by atoms with E-state index in [1.165, 1.54) is 18.2 Å². The van der Waals surface area contributed by atoms with Gasteiger partial charge in [-0.1, -0.05) is 0 Å². The van der Waals surface area contributed by atoms with Crippen molar-refractivity contribution in [1.29, 1.82) is 0 Å². The number of hydrogen-bond acceptors (Lipinski definition) is 4. The van der Waals surface area contributed by atoms with Crippen LogP contribution in [0.5, 0.6) is 0 Å². The number of nitrogens with one attached hydrogen (secondary N) is 4. The van der Waals surface area contributed by atoms with Gasteiger partial charge in [-0.3, -0.25) is 9.59 Å². The first-order chi connectivity index (χ1) is 13.4. The molecule has 0 aliphatic carbocycles. The van der Waals surface area contributed by atoms with Crippen LogP contribution >= 0.6 is 0 Å². The smallest absolute Gasteiger partial charge is 0.256 e. The Morgan fingerprint density at radius 1 is 1.25 bits per heavy atom. The van der Waals surface area contributed by atoms with Crippen LogP contribution in [0.2, 0.25) is 0 Å². The number of carbonyl (C=O) groups excluding carboxylic acids is 2. The minimum Gasteiger partial charge on any atom is -0.395 e. The fraction of sp³-hybridized carbons (Fsp3) is 0.300. The van der Waals surface area contributed by atoms with Crippen molar-refractivity contribution in [2.75, 3.05) is 31.6 Å². The molecule has 0 saturated carbocycles. The van der Waals surface area contributed by atoms with Crippen molar-refractivity contribution in [3.63, 3.8) is 0 Å². The molecule has 0 bridgehead atoms. The summed E-state index contributed by atoms with van der Waals surface area (Å²) in [6, 6.07) is 4.14. The Bertz CT molecular complexity index is 949. The quantitative estimate of drug-likeness (QED) is 0.368. The zero-order valence-corrected chi connectivity index (χ0v) is 15.8. The summed E-state index contributed by atoms with van der Waals surface area (Å²) in [7, 11) is 0. The summed E-state index contributed by atoms with van der Waals surface area (Å²) in [6.45, 7) is 5.08. The summed E-state index contributed by atoms with van der Waals surface area (Å²) in [5.74, 6) is -0.951. The number of aliphatic hydroxyl groups excluding tert-OH is 1. The SMILES string of the molecule is Cc1[nH]c(C=C2C(=O)Nc3ccc(F)cc32)c(C)c1C(=O)NCCNCCO. The Labute approximate surface area is 162 Å². The number of H-pyrrole nitrogens is 1. The molecule has 3 rings (SSSR count). The second-order valence-electron chi connectivity index (χ2n) is 6.60. The summed E-state index contributed by atoms with van der Waals surface area (Å²) in [5.41, 5.74) is 3.95. The number of benzene rings is 1. The maximum atomic E-state index is 13.6. The largest absolute Gasteiger partial charge is 0.395 e. The van der Waals surface area contributed by atoms with Crippen molar-refractivity contribution in [1.82, 2.24) is 15.6 Å². The monoisotopic (exact) mass is 386 g/mol. The van der Waals surface area contributed by atoms with E-state index in [4.69, 9.17) is 5.11 Å². The molecule has 0 saturated heterocycles. The summed E-state index contributed by atoms with van der Waals surface area (Å²) in [5, 5.41) is 17.3. The lowest BCUT2D eigenvalue weighted by atomic mass is 10.0. The minimum atomic E-state index is -0.421. The molecule has 2 heterocycles. The summed E-state index contributed by atoms with van der Waals surface area (Å²) in [4.78, 5) is 27.9. The number of halogens is 1. The van der Waals surface area contributed by atoms with E-state index in [0.717, 1.165) is 0 Å². The molecule has 2 aromatic rings. The van der Waals surface area contributed by atoms with Crippen LogP contribution in [0.1, 0.15) is 32.9 Å². The highest BCUT2D eigenvalue weighted by Gasteiger charge is 2.26. The van der Waals surface area contributed by atoms with Crippen LogP contribution in [0.3, 0.4) is 0 Å². The van der Waals surface area contributed by atoms with E-state index < -0.39 is 5.82 Å². The van der Waals surface area contributed by atoms with Crippen molar-refractivity contribution in [3.8, 4) is 0 Å². The fourth-order valence-corrected chi connectivity index (χ4v) is 3.26. The third-order valence-corrected chi connectivity index (χ3v) is 4.63. The van der Waals surface area contributed by atoms with E-state index in [9.17, 15) is 14.0 Å². The van der Waals surface area contributed by atoms with Gasteiger partial charge in [0.15, 0.2) is 0 Å². The van der Waals surface area contributed by atoms with Gasteiger partial charge in [-0.05, 0) is 43.7 Å². The normalized spacial score (nSPS) is 14.3. The Balaban J connectivity index is 1.83. The van der Waals surface area contributed by atoms with Crippen molar-refractivity contribution in [3.05, 3.63) is 52.1 Å².